The topological polar surface area (TPSA) is 52.3 Å². The predicted molar refractivity (Wildman–Crippen MR) is 76.7 cm³/mol. The Morgan fingerprint density at radius 3 is 2.71 bits per heavy atom. The molecule has 114 valence electrons. The van der Waals surface area contributed by atoms with Gasteiger partial charge in [-0.3, -0.25) is 4.79 Å². The lowest BCUT2D eigenvalue weighted by atomic mass is 9.49. The molecule has 2 unspecified atom stereocenters. The van der Waals surface area contributed by atoms with Crippen molar-refractivity contribution in [2.24, 2.45) is 17.3 Å². The van der Waals surface area contributed by atoms with Gasteiger partial charge in [0, 0.05) is 10.9 Å². The van der Waals surface area contributed by atoms with Crippen LogP contribution >= 0.6 is 11.6 Å². The number of rotatable bonds is 3. The summed E-state index contributed by atoms with van der Waals surface area (Å²) in [5.41, 5.74) is 0.330. The summed E-state index contributed by atoms with van der Waals surface area (Å²) >= 11 is 6.75. The van der Waals surface area contributed by atoms with Gasteiger partial charge in [-0.25, -0.2) is 0 Å². The maximum atomic E-state index is 12.7. The molecule has 5 rings (SSSR count). The summed E-state index contributed by atoms with van der Waals surface area (Å²) in [6.45, 7) is 2.02. The van der Waals surface area contributed by atoms with E-state index in [1.54, 1.807) is 6.07 Å². The molecule has 2 atom stereocenters. The summed E-state index contributed by atoms with van der Waals surface area (Å²) in [6.07, 6.45) is 6.08. The number of alkyl halides is 1. The SMILES string of the molecule is Cc1cc(COC(=O)C23CC4CC(CC(Cl)(C4)C2)C3)no1. The number of carbonyl (C=O) groups excluding carboxylic acids is 1. The van der Waals surface area contributed by atoms with Crippen LogP contribution in [-0.2, 0) is 16.1 Å². The van der Waals surface area contributed by atoms with E-state index in [0.717, 1.165) is 37.9 Å². The summed E-state index contributed by atoms with van der Waals surface area (Å²) < 4.78 is 10.6. The normalized spacial score (nSPS) is 40.5. The van der Waals surface area contributed by atoms with E-state index < -0.39 is 0 Å². The van der Waals surface area contributed by atoms with Crippen molar-refractivity contribution in [1.29, 1.82) is 0 Å². The van der Waals surface area contributed by atoms with E-state index in [2.05, 4.69) is 5.16 Å². The number of halogens is 1. The number of aromatic nitrogens is 1. The van der Waals surface area contributed by atoms with E-state index in [0.29, 0.717) is 17.5 Å². The van der Waals surface area contributed by atoms with Crippen molar-refractivity contribution < 1.29 is 14.1 Å². The van der Waals surface area contributed by atoms with E-state index in [9.17, 15) is 4.79 Å². The lowest BCUT2D eigenvalue weighted by molar-refractivity contribution is -0.171. The van der Waals surface area contributed by atoms with Crippen LogP contribution in [0.3, 0.4) is 0 Å². The second kappa shape index (κ2) is 4.48. The molecule has 0 spiro atoms. The van der Waals surface area contributed by atoms with Crippen LogP contribution in [0.15, 0.2) is 10.6 Å². The fourth-order valence-electron chi connectivity index (χ4n) is 5.17. The van der Waals surface area contributed by atoms with Gasteiger partial charge in [-0.1, -0.05) is 5.16 Å². The van der Waals surface area contributed by atoms with Gasteiger partial charge >= 0.3 is 5.97 Å². The van der Waals surface area contributed by atoms with Crippen molar-refractivity contribution >= 4 is 17.6 Å². The number of hydrogen-bond acceptors (Lipinski definition) is 4. The molecule has 4 bridgehead atoms. The maximum absolute atomic E-state index is 12.7. The van der Waals surface area contributed by atoms with Gasteiger partial charge in [-0.15, -0.1) is 11.6 Å². The number of ether oxygens (including phenoxy) is 1. The second-order valence-electron chi connectivity index (χ2n) is 7.40. The third-order valence-corrected chi connectivity index (χ3v) is 5.89. The number of nitrogens with zero attached hydrogens (tertiary/aromatic N) is 1. The highest BCUT2D eigenvalue weighted by Crippen LogP contribution is 2.64. The standard InChI is InChI=1S/C16H20ClNO3/c1-10-2-13(18-21-10)8-20-14(19)15-4-11-3-12(5-15)7-16(17,6-11)9-15/h2,11-12H,3-9H2,1H3. The molecule has 5 heteroatoms. The molecule has 0 amide bonds. The van der Waals surface area contributed by atoms with E-state index in [1.807, 2.05) is 6.92 Å². The molecule has 0 N–H and O–H groups in total. The Labute approximate surface area is 129 Å². The fourth-order valence-corrected chi connectivity index (χ4v) is 5.86. The number of esters is 1. The Morgan fingerprint density at radius 1 is 1.43 bits per heavy atom. The van der Waals surface area contributed by atoms with E-state index >= 15 is 0 Å². The first-order valence-electron chi connectivity index (χ1n) is 7.75. The van der Waals surface area contributed by atoms with Crippen LogP contribution in [0.25, 0.3) is 0 Å². The van der Waals surface area contributed by atoms with Crippen LogP contribution < -0.4 is 0 Å². The Balaban J connectivity index is 1.49. The van der Waals surface area contributed by atoms with Gasteiger partial charge in [0.15, 0.2) is 0 Å². The molecule has 4 aliphatic carbocycles. The van der Waals surface area contributed by atoms with Gasteiger partial charge in [-0.05, 0) is 57.3 Å². The molecule has 4 saturated carbocycles. The summed E-state index contributed by atoms with van der Waals surface area (Å²) in [5.74, 6) is 1.86. The van der Waals surface area contributed by atoms with Crippen LogP contribution in [0.5, 0.6) is 0 Å². The number of carbonyl (C=O) groups is 1. The molecule has 0 aromatic carbocycles. The first-order chi connectivity index (χ1) is 9.96. The van der Waals surface area contributed by atoms with Crippen molar-refractivity contribution in [3.63, 3.8) is 0 Å². The molecular weight excluding hydrogens is 290 g/mol. The molecular formula is C16H20ClNO3. The highest BCUT2D eigenvalue weighted by atomic mass is 35.5. The molecule has 0 radical (unpaired) electrons. The van der Waals surface area contributed by atoms with Crippen molar-refractivity contribution in [3.8, 4) is 0 Å². The predicted octanol–water partition coefficient (Wildman–Crippen LogP) is 3.60. The largest absolute Gasteiger partial charge is 0.459 e. The molecule has 4 nitrogen and oxygen atoms in total. The Bertz CT molecular complexity index is 568. The zero-order valence-corrected chi connectivity index (χ0v) is 13.0. The van der Waals surface area contributed by atoms with Crippen molar-refractivity contribution in [2.45, 2.75) is 56.9 Å². The summed E-state index contributed by atoms with van der Waals surface area (Å²) in [6, 6.07) is 1.80. The third-order valence-electron chi connectivity index (χ3n) is 5.45. The van der Waals surface area contributed by atoms with E-state index in [-0.39, 0.29) is 22.9 Å². The van der Waals surface area contributed by atoms with Crippen LogP contribution in [0.1, 0.15) is 50.0 Å². The molecule has 1 heterocycles. The van der Waals surface area contributed by atoms with Gasteiger partial charge in [0.25, 0.3) is 0 Å². The average molecular weight is 310 g/mol. The van der Waals surface area contributed by atoms with Crippen molar-refractivity contribution in [3.05, 3.63) is 17.5 Å². The first-order valence-corrected chi connectivity index (χ1v) is 8.13. The first kappa shape index (κ1) is 13.6. The number of hydrogen-bond donors (Lipinski definition) is 0. The molecule has 1 aromatic rings. The van der Waals surface area contributed by atoms with Crippen LogP contribution in [-0.4, -0.2) is 16.0 Å². The van der Waals surface area contributed by atoms with Gasteiger partial charge in [0.05, 0.1) is 5.41 Å². The molecule has 4 fully saturated rings. The summed E-state index contributed by atoms with van der Waals surface area (Å²) in [5, 5.41) is 3.87. The second-order valence-corrected chi connectivity index (χ2v) is 8.20. The van der Waals surface area contributed by atoms with Crippen LogP contribution in [0, 0.1) is 24.2 Å². The smallest absolute Gasteiger partial charge is 0.312 e. The highest BCUT2D eigenvalue weighted by molar-refractivity contribution is 6.24. The van der Waals surface area contributed by atoms with Crippen molar-refractivity contribution in [2.75, 3.05) is 0 Å². The maximum Gasteiger partial charge on any atom is 0.312 e. The Morgan fingerprint density at radius 2 is 2.14 bits per heavy atom. The zero-order chi connectivity index (χ0) is 14.7. The van der Waals surface area contributed by atoms with E-state index in [1.165, 1.54) is 6.42 Å². The molecule has 21 heavy (non-hydrogen) atoms. The zero-order valence-electron chi connectivity index (χ0n) is 12.2. The van der Waals surface area contributed by atoms with Gasteiger partial charge in [0.1, 0.15) is 18.1 Å². The lowest BCUT2D eigenvalue weighted by Gasteiger charge is -2.58. The minimum absolute atomic E-state index is 0.0812. The van der Waals surface area contributed by atoms with Crippen LogP contribution in [0.4, 0.5) is 0 Å². The molecule has 0 aliphatic heterocycles. The minimum atomic E-state index is -0.343. The molecule has 1 aromatic heterocycles. The number of aryl methyl sites for hydroxylation is 1. The van der Waals surface area contributed by atoms with Gasteiger partial charge in [-0.2, -0.15) is 0 Å². The van der Waals surface area contributed by atoms with Crippen LogP contribution in [0.2, 0.25) is 0 Å². The molecule has 0 saturated heterocycles. The fraction of sp³-hybridized carbons (Fsp3) is 0.750. The lowest BCUT2D eigenvalue weighted by Crippen LogP contribution is -2.56. The highest BCUT2D eigenvalue weighted by Gasteiger charge is 2.60. The summed E-state index contributed by atoms with van der Waals surface area (Å²) in [7, 11) is 0. The summed E-state index contributed by atoms with van der Waals surface area (Å²) in [4.78, 5) is 12.5. The Hall–Kier alpha value is -1.03. The van der Waals surface area contributed by atoms with Gasteiger partial charge in [0.2, 0.25) is 0 Å². The minimum Gasteiger partial charge on any atom is -0.459 e. The average Bonchev–Trinajstić information content (AvgIpc) is 2.79. The quantitative estimate of drug-likeness (QED) is 0.632. The monoisotopic (exact) mass is 309 g/mol. The molecule has 4 aliphatic rings. The van der Waals surface area contributed by atoms with Gasteiger partial charge < -0.3 is 9.26 Å². The Kier molecular flexibility index (Phi) is 2.91. The van der Waals surface area contributed by atoms with E-state index in [4.69, 9.17) is 20.9 Å². The third kappa shape index (κ3) is 2.28. The van der Waals surface area contributed by atoms with Crippen molar-refractivity contribution in [1.82, 2.24) is 5.16 Å².